The molecule has 0 bridgehead atoms. The van der Waals surface area contributed by atoms with E-state index in [4.69, 9.17) is 3.07 Å². The molecule has 1 atom stereocenters. The molecule has 0 heterocycles. The molecule has 0 saturated carbocycles. The van der Waals surface area contributed by atoms with Crippen LogP contribution in [0.3, 0.4) is 0 Å². The molecule has 0 aliphatic carbocycles. The van der Waals surface area contributed by atoms with Crippen LogP contribution in [0.2, 0.25) is 0 Å². The molecule has 0 aromatic rings. The van der Waals surface area contributed by atoms with Gasteiger partial charge in [0.2, 0.25) is 0 Å². The molecule has 1 unspecified atom stereocenters. The van der Waals surface area contributed by atoms with Gasteiger partial charge >= 0.3 is 129 Å². The van der Waals surface area contributed by atoms with E-state index in [9.17, 15) is 0 Å². The van der Waals surface area contributed by atoms with Gasteiger partial charge in [0.05, 0.1) is 0 Å². The Morgan fingerprint density at radius 2 is 1.39 bits per heavy atom. The summed E-state index contributed by atoms with van der Waals surface area (Å²) in [6.45, 7) is 9.23. The predicted octanol–water partition coefficient (Wildman–Crippen LogP) is 5.42. The summed E-state index contributed by atoms with van der Waals surface area (Å²) in [4.78, 5) is 0. The van der Waals surface area contributed by atoms with Crippen molar-refractivity contribution in [1.82, 2.24) is 0 Å². The van der Waals surface area contributed by atoms with Crippen LogP contribution in [0.15, 0.2) is 0 Å². The van der Waals surface area contributed by atoms with Gasteiger partial charge in [0.15, 0.2) is 0 Å². The van der Waals surface area contributed by atoms with E-state index in [2.05, 4.69) is 27.7 Å². The Hall–Kier alpha value is 0.759. The van der Waals surface area contributed by atoms with Crippen molar-refractivity contribution in [3.05, 3.63) is 0 Å². The normalized spacial score (nSPS) is 13.8. The van der Waals surface area contributed by atoms with Gasteiger partial charge in [-0.15, -0.1) is 0 Å². The molecule has 0 aliphatic rings. The van der Waals surface area contributed by atoms with Crippen LogP contribution in [-0.2, 0) is 3.07 Å². The van der Waals surface area contributed by atoms with Gasteiger partial charge in [-0.05, 0) is 0 Å². The van der Waals surface area contributed by atoms with Crippen LogP contribution in [0.25, 0.3) is 0 Å². The molecule has 0 amide bonds. The molecular formula is C16H33OSn. The van der Waals surface area contributed by atoms with Gasteiger partial charge in [0, 0.05) is 0 Å². The van der Waals surface area contributed by atoms with Crippen molar-refractivity contribution in [2.45, 2.75) is 97.5 Å². The van der Waals surface area contributed by atoms with Gasteiger partial charge in [-0.1, -0.05) is 0 Å². The fourth-order valence-corrected chi connectivity index (χ4v) is 4.02. The minimum absolute atomic E-state index is 0.203. The van der Waals surface area contributed by atoms with Crippen LogP contribution in [0.5, 0.6) is 0 Å². The summed E-state index contributed by atoms with van der Waals surface area (Å²) < 4.78 is 6.18. The van der Waals surface area contributed by atoms with Crippen molar-refractivity contribution in [2.75, 3.05) is 0 Å². The Labute approximate surface area is 129 Å². The third kappa shape index (κ3) is 6.27. The zero-order valence-electron chi connectivity index (χ0n) is 13.1. The fourth-order valence-electron chi connectivity index (χ4n) is 2.96. The quantitative estimate of drug-likeness (QED) is 0.422. The molecule has 107 valence electrons. The third-order valence-corrected chi connectivity index (χ3v) is 5.41. The van der Waals surface area contributed by atoms with Gasteiger partial charge in [0.1, 0.15) is 0 Å². The van der Waals surface area contributed by atoms with E-state index in [1.807, 2.05) is 0 Å². The van der Waals surface area contributed by atoms with E-state index < -0.39 is 0 Å². The van der Waals surface area contributed by atoms with E-state index in [0.717, 1.165) is 5.92 Å². The predicted molar refractivity (Wildman–Crippen MR) is 81.9 cm³/mol. The maximum atomic E-state index is 6.18. The molecule has 0 aromatic heterocycles. The van der Waals surface area contributed by atoms with Crippen molar-refractivity contribution in [3.8, 4) is 0 Å². The zero-order valence-corrected chi connectivity index (χ0v) is 15.9. The molecule has 0 saturated heterocycles. The van der Waals surface area contributed by atoms with Crippen LogP contribution in [0.1, 0.15) is 91.9 Å². The Morgan fingerprint density at radius 1 is 0.889 bits per heavy atom. The minimum atomic E-state index is 0.203. The van der Waals surface area contributed by atoms with Crippen molar-refractivity contribution in [1.29, 1.82) is 0 Å². The first kappa shape index (κ1) is 18.8. The monoisotopic (exact) mass is 361 g/mol. The molecule has 0 aliphatic heterocycles. The number of hydrogen-bond acceptors (Lipinski definition) is 1. The molecule has 0 N–H and O–H groups in total. The van der Waals surface area contributed by atoms with Gasteiger partial charge in [0.25, 0.3) is 0 Å². The van der Waals surface area contributed by atoms with Gasteiger partial charge in [-0.3, -0.25) is 0 Å². The molecule has 1 nitrogen and oxygen atoms in total. The van der Waals surface area contributed by atoms with Gasteiger partial charge in [-0.2, -0.15) is 0 Å². The van der Waals surface area contributed by atoms with E-state index in [-0.39, 0.29) is 5.60 Å². The topological polar surface area (TPSA) is 9.23 Å². The number of unbranched alkanes of at least 4 members (excludes halogenated alkanes) is 3. The zero-order chi connectivity index (χ0) is 13.9. The SMILES string of the molecule is CCCCC(CC)C(CCCC)(CCCC)[O][Sn]. The average molecular weight is 360 g/mol. The molecule has 0 rings (SSSR count). The van der Waals surface area contributed by atoms with Crippen LogP contribution in [0.4, 0.5) is 0 Å². The third-order valence-electron chi connectivity index (χ3n) is 4.25. The molecule has 3 radical (unpaired) electrons. The van der Waals surface area contributed by atoms with Crippen LogP contribution < -0.4 is 0 Å². The average Bonchev–Trinajstić information content (AvgIpc) is 2.41. The van der Waals surface area contributed by atoms with Crippen LogP contribution in [0, 0.1) is 5.92 Å². The summed E-state index contributed by atoms with van der Waals surface area (Å²) >= 11 is 1.26. The summed E-state index contributed by atoms with van der Waals surface area (Å²) in [6.07, 6.45) is 13.1. The summed E-state index contributed by atoms with van der Waals surface area (Å²) in [5.41, 5.74) is 0.203. The molecular weight excluding hydrogens is 327 g/mol. The fraction of sp³-hybridized carbons (Fsp3) is 1.00. The van der Waals surface area contributed by atoms with Crippen LogP contribution >= 0.6 is 0 Å². The van der Waals surface area contributed by atoms with Crippen molar-refractivity contribution in [3.63, 3.8) is 0 Å². The van der Waals surface area contributed by atoms with Crippen molar-refractivity contribution < 1.29 is 3.07 Å². The summed E-state index contributed by atoms with van der Waals surface area (Å²) in [5.74, 6) is 0.773. The Kier molecular flexibility index (Phi) is 12.1. The first-order chi connectivity index (χ1) is 8.70. The summed E-state index contributed by atoms with van der Waals surface area (Å²) in [5, 5.41) is 0. The van der Waals surface area contributed by atoms with E-state index in [1.54, 1.807) is 0 Å². The van der Waals surface area contributed by atoms with Crippen molar-refractivity contribution in [2.24, 2.45) is 5.92 Å². The maximum absolute atomic E-state index is 6.18. The first-order valence-corrected chi connectivity index (χ1v) is 9.21. The summed E-state index contributed by atoms with van der Waals surface area (Å²) in [6, 6.07) is 0. The Bertz CT molecular complexity index is 174. The first-order valence-electron chi connectivity index (χ1n) is 8.05. The Morgan fingerprint density at radius 3 is 1.72 bits per heavy atom. The Balaban J connectivity index is 4.72. The van der Waals surface area contributed by atoms with Gasteiger partial charge < -0.3 is 0 Å². The van der Waals surface area contributed by atoms with E-state index >= 15 is 0 Å². The standard InChI is InChI=1S/C16H33O.Sn/c1-5-9-12-15(8-4)16(17,13-10-6-2)14-11-7-3;/h15H,5-14H2,1-4H3;/q-1;+1. The second-order valence-corrected chi connectivity index (χ2v) is 6.20. The van der Waals surface area contributed by atoms with Gasteiger partial charge in [-0.25, -0.2) is 0 Å². The second kappa shape index (κ2) is 11.6. The number of hydrogen-bond donors (Lipinski definition) is 0. The molecule has 2 heteroatoms. The van der Waals surface area contributed by atoms with E-state index in [0.29, 0.717) is 0 Å². The molecule has 18 heavy (non-hydrogen) atoms. The molecule has 0 spiro atoms. The molecule has 0 aromatic carbocycles. The number of rotatable bonds is 12. The molecule has 0 fully saturated rings. The summed E-state index contributed by atoms with van der Waals surface area (Å²) in [7, 11) is 0. The van der Waals surface area contributed by atoms with Crippen molar-refractivity contribution >= 4 is 22.9 Å². The van der Waals surface area contributed by atoms with E-state index in [1.165, 1.54) is 87.1 Å². The van der Waals surface area contributed by atoms with Crippen LogP contribution in [-0.4, -0.2) is 28.5 Å². The second-order valence-electron chi connectivity index (χ2n) is 5.62.